The third-order valence-electron chi connectivity index (χ3n) is 4.75. The molecule has 1 unspecified atom stereocenters. The minimum absolute atomic E-state index is 0. The van der Waals surface area contributed by atoms with Crippen molar-refractivity contribution in [2.45, 2.75) is 37.5 Å². The summed E-state index contributed by atoms with van der Waals surface area (Å²) in [6.45, 7) is 2.01. The Labute approximate surface area is 141 Å². The fourth-order valence-corrected chi connectivity index (χ4v) is 3.35. The zero-order valence-electron chi connectivity index (χ0n) is 12.9. The quantitative estimate of drug-likeness (QED) is 0.925. The third kappa shape index (κ3) is 3.56. The Morgan fingerprint density at radius 1 is 1.09 bits per heavy atom. The fourth-order valence-electron chi connectivity index (χ4n) is 3.35. The highest BCUT2D eigenvalue weighted by Crippen LogP contribution is 2.41. The summed E-state index contributed by atoms with van der Waals surface area (Å²) in [7, 11) is 0. The van der Waals surface area contributed by atoms with Crippen LogP contribution in [0.15, 0.2) is 28.8 Å². The van der Waals surface area contributed by atoms with Crippen molar-refractivity contribution >= 4 is 12.4 Å². The lowest BCUT2D eigenvalue weighted by molar-refractivity contribution is 0.282. The first-order valence-electron chi connectivity index (χ1n) is 8.11. The summed E-state index contributed by atoms with van der Waals surface area (Å²) in [5.74, 6) is 2.34. The van der Waals surface area contributed by atoms with Gasteiger partial charge in [0.2, 0.25) is 5.89 Å². The van der Waals surface area contributed by atoms with E-state index in [1.165, 1.54) is 12.1 Å². The van der Waals surface area contributed by atoms with Crippen molar-refractivity contribution in [1.82, 2.24) is 15.5 Å². The van der Waals surface area contributed by atoms with Crippen LogP contribution >= 0.6 is 12.4 Å². The minimum Gasteiger partial charge on any atom is -0.339 e. The molecule has 6 heteroatoms. The second-order valence-corrected chi connectivity index (χ2v) is 6.38. The molecule has 0 bridgehead atoms. The van der Waals surface area contributed by atoms with Gasteiger partial charge in [-0.1, -0.05) is 17.3 Å². The van der Waals surface area contributed by atoms with Gasteiger partial charge in [0.05, 0.1) is 5.92 Å². The maximum atomic E-state index is 13.3. The number of hydrogen-bond acceptors (Lipinski definition) is 4. The van der Waals surface area contributed by atoms with Gasteiger partial charge in [0.1, 0.15) is 5.82 Å². The first kappa shape index (κ1) is 16.4. The molecule has 2 aromatic rings. The average Bonchev–Trinajstić information content (AvgIpc) is 3.30. The molecular formula is C17H21ClFN3O. The molecule has 2 aliphatic rings. The molecule has 1 aromatic heterocycles. The lowest BCUT2D eigenvalue weighted by Gasteiger charge is -2.28. The van der Waals surface area contributed by atoms with Gasteiger partial charge in [0, 0.05) is 5.92 Å². The SMILES string of the molecule is Cl.Fc1ccc(C(c2nc(C3CC3)no2)C2CCNCC2)cc1. The van der Waals surface area contributed by atoms with E-state index in [1.54, 1.807) is 0 Å². The number of nitrogens with one attached hydrogen (secondary N) is 1. The normalized spacial score (nSPS) is 20.0. The van der Waals surface area contributed by atoms with Crippen LogP contribution in [-0.4, -0.2) is 23.2 Å². The Bertz CT molecular complexity index is 636. The van der Waals surface area contributed by atoms with Gasteiger partial charge in [0.15, 0.2) is 5.82 Å². The summed E-state index contributed by atoms with van der Waals surface area (Å²) in [6, 6.07) is 6.73. The lowest BCUT2D eigenvalue weighted by atomic mass is 9.80. The third-order valence-corrected chi connectivity index (χ3v) is 4.75. The Kier molecular flexibility index (Phi) is 4.97. The van der Waals surface area contributed by atoms with E-state index < -0.39 is 0 Å². The summed E-state index contributed by atoms with van der Waals surface area (Å²) in [6.07, 6.45) is 4.47. The van der Waals surface area contributed by atoms with Gasteiger partial charge in [-0.15, -0.1) is 12.4 Å². The summed E-state index contributed by atoms with van der Waals surface area (Å²) in [4.78, 5) is 4.65. The number of aromatic nitrogens is 2. The monoisotopic (exact) mass is 337 g/mol. The first-order valence-corrected chi connectivity index (χ1v) is 8.11. The Morgan fingerprint density at radius 2 is 1.78 bits per heavy atom. The van der Waals surface area contributed by atoms with E-state index in [0.29, 0.717) is 17.7 Å². The minimum atomic E-state index is -0.211. The van der Waals surface area contributed by atoms with E-state index in [2.05, 4.69) is 15.5 Å². The highest BCUT2D eigenvalue weighted by Gasteiger charge is 2.34. The summed E-state index contributed by atoms with van der Waals surface area (Å²) >= 11 is 0. The van der Waals surface area contributed by atoms with Gasteiger partial charge in [-0.05, 0) is 62.4 Å². The molecule has 23 heavy (non-hydrogen) atoms. The standard InChI is InChI=1S/C17H20FN3O.ClH/c18-14-5-3-11(4-6-14)15(12-7-9-19-10-8-12)17-20-16(21-22-17)13-1-2-13;/h3-6,12-13,15,19H,1-2,7-10H2;1H. The van der Waals surface area contributed by atoms with E-state index in [-0.39, 0.29) is 24.1 Å². The second kappa shape index (κ2) is 6.97. The molecular weight excluding hydrogens is 317 g/mol. The molecule has 1 aliphatic carbocycles. The van der Waals surface area contributed by atoms with Crippen LogP contribution in [-0.2, 0) is 0 Å². The van der Waals surface area contributed by atoms with Crippen LogP contribution in [0.1, 0.15) is 54.8 Å². The van der Waals surface area contributed by atoms with Crippen molar-refractivity contribution in [2.75, 3.05) is 13.1 Å². The van der Waals surface area contributed by atoms with E-state index >= 15 is 0 Å². The largest absolute Gasteiger partial charge is 0.339 e. The molecule has 1 aromatic carbocycles. The van der Waals surface area contributed by atoms with Crippen molar-refractivity contribution < 1.29 is 8.91 Å². The number of rotatable bonds is 4. The predicted molar refractivity (Wildman–Crippen MR) is 87.4 cm³/mol. The van der Waals surface area contributed by atoms with Crippen LogP contribution in [0.2, 0.25) is 0 Å². The van der Waals surface area contributed by atoms with E-state index in [1.807, 2.05) is 12.1 Å². The van der Waals surface area contributed by atoms with Crippen LogP contribution in [0.5, 0.6) is 0 Å². The maximum Gasteiger partial charge on any atom is 0.234 e. The van der Waals surface area contributed by atoms with Gasteiger partial charge < -0.3 is 9.84 Å². The first-order chi connectivity index (χ1) is 10.8. The maximum absolute atomic E-state index is 13.3. The zero-order chi connectivity index (χ0) is 14.9. The Morgan fingerprint density at radius 3 is 2.43 bits per heavy atom. The van der Waals surface area contributed by atoms with Crippen LogP contribution in [0, 0.1) is 11.7 Å². The molecule has 1 saturated carbocycles. The number of halogens is 2. The van der Waals surface area contributed by atoms with Crippen molar-refractivity contribution in [3.05, 3.63) is 47.4 Å². The molecule has 1 N–H and O–H groups in total. The number of hydrogen-bond donors (Lipinski definition) is 1. The number of benzene rings is 1. The molecule has 2 heterocycles. The van der Waals surface area contributed by atoms with Crippen molar-refractivity contribution in [3.8, 4) is 0 Å². The average molecular weight is 338 g/mol. The van der Waals surface area contributed by atoms with E-state index in [0.717, 1.165) is 50.2 Å². The molecule has 1 atom stereocenters. The highest BCUT2D eigenvalue weighted by molar-refractivity contribution is 5.85. The molecule has 4 rings (SSSR count). The van der Waals surface area contributed by atoms with E-state index in [4.69, 9.17) is 4.52 Å². The van der Waals surface area contributed by atoms with Crippen molar-refractivity contribution in [3.63, 3.8) is 0 Å². The molecule has 4 nitrogen and oxygen atoms in total. The van der Waals surface area contributed by atoms with Gasteiger partial charge in [-0.3, -0.25) is 0 Å². The molecule has 1 saturated heterocycles. The van der Waals surface area contributed by atoms with Crippen molar-refractivity contribution in [1.29, 1.82) is 0 Å². The van der Waals surface area contributed by atoms with Gasteiger partial charge in [-0.25, -0.2) is 4.39 Å². The topological polar surface area (TPSA) is 51.0 Å². The van der Waals surface area contributed by atoms with Gasteiger partial charge >= 0.3 is 0 Å². The van der Waals surface area contributed by atoms with Crippen LogP contribution in [0.4, 0.5) is 4.39 Å². The van der Waals surface area contributed by atoms with Crippen molar-refractivity contribution in [2.24, 2.45) is 5.92 Å². The highest BCUT2D eigenvalue weighted by atomic mass is 35.5. The molecule has 0 radical (unpaired) electrons. The molecule has 2 fully saturated rings. The second-order valence-electron chi connectivity index (χ2n) is 6.38. The molecule has 124 valence electrons. The molecule has 0 amide bonds. The lowest BCUT2D eigenvalue weighted by Crippen LogP contribution is -2.31. The Hall–Kier alpha value is -1.46. The summed E-state index contributed by atoms with van der Waals surface area (Å²) in [5.41, 5.74) is 1.07. The van der Waals surface area contributed by atoms with Gasteiger partial charge in [0.25, 0.3) is 0 Å². The van der Waals surface area contributed by atoms with Gasteiger partial charge in [-0.2, -0.15) is 4.98 Å². The summed E-state index contributed by atoms with van der Waals surface area (Å²) < 4.78 is 18.8. The Balaban J connectivity index is 0.00000156. The molecule has 0 spiro atoms. The van der Waals surface area contributed by atoms with Crippen LogP contribution in [0.3, 0.4) is 0 Å². The zero-order valence-corrected chi connectivity index (χ0v) is 13.7. The molecule has 1 aliphatic heterocycles. The number of nitrogens with zero attached hydrogens (tertiary/aromatic N) is 2. The fraction of sp³-hybridized carbons (Fsp3) is 0.529. The predicted octanol–water partition coefficient (Wildman–Crippen LogP) is 3.64. The number of piperidine rings is 1. The van der Waals surface area contributed by atoms with E-state index in [9.17, 15) is 4.39 Å². The van der Waals surface area contributed by atoms with Crippen LogP contribution < -0.4 is 5.32 Å². The smallest absolute Gasteiger partial charge is 0.234 e. The van der Waals surface area contributed by atoms with Crippen LogP contribution in [0.25, 0.3) is 0 Å². The summed E-state index contributed by atoms with van der Waals surface area (Å²) in [5, 5.41) is 7.55.